The lowest BCUT2D eigenvalue weighted by atomic mass is 9.46. The van der Waals surface area contributed by atoms with Crippen molar-refractivity contribution in [2.24, 2.45) is 28.6 Å². The maximum absolute atomic E-state index is 12.8. The van der Waals surface area contributed by atoms with Crippen LogP contribution in [0.1, 0.15) is 123 Å². The molecular formula is C29H48O2S2. The summed E-state index contributed by atoms with van der Waals surface area (Å²) in [4.78, 5) is 11.8. The highest BCUT2D eigenvalue weighted by Gasteiger charge is 2.61. The van der Waals surface area contributed by atoms with Crippen molar-refractivity contribution in [3.63, 3.8) is 0 Å². The quantitative estimate of drug-likeness (QED) is 0.125. The molecule has 0 amide bonds. The molecular weight excluding hydrogens is 444 g/mol. The molecule has 4 aliphatic rings. The Hall–Kier alpha value is 0.0700. The molecule has 0 aromatic heterocycles. The molecule has 0 heterocycles. The normalized spacial score (nSPS) is 42.5. The van der Waals surface area contributed by atoms with Crippen LogP contribution in [0, 0.1) is 28.6 Å². The van der Waals surface area contributed by atoms with E-state index in [1.165, 1.54) is 76.2 Å². The Morgan fingerprint density at radius 3 is 2.39 bits per heavy atom. The smallest absolute Gasteiger partial charge is 0.139 e. The molecule has 0 aromatic rings. The minimum absolute atomic E-state index is 0.0786. The molecule has 2 nitrogen and oxygen atoms in total. The van der Waals surface area contributed by atoms with Crippen LogP contribution in [-0.4, -0.2) is 21.1 Å². The number of ketones is 1. The van der Waals surface area contributed by atoms with Crippen LogP contribution in [0.5, 0.6) is 0 Å². The zero-order valence-electron chi connectivity index (χ0n) is 21.2. The SMILES string of the molecule is CCCCCCCCCCC[C@]12CC(S)[C@@](O)(S)CC1=CC[C@@H]1[C@@H]2CC[C@]2(C)C(=O)CC[C@@H]12. The predicted molar refractivity (Wildman–Crippen MR) is 145 cm³/mol. The van der Waals surface area contributed by atoms with Crippen LogP contribution in [-0.2, 0) is 4.79 Å². The molecule has 0 bridgehead atoms. The lowest BCUT2D eigenvalue weighted by Gasteiger charge is -2.60. The molecule has 4 heteroatoms. The van der Waals surface area contributed by atoms with Crippen molar-refractivity contribution in [3.05, 3.63) is 11.6 Å². The highest BCUT2D eigenvalue weighted by molar-refractivity contribution is 7.85. The van der Waals surface area contributed by atoms with E-state index in [1.54, 1.807) is 0 Å². The first-order valence-electron chi connectivity index (χ1n) is 14.1. The molecule has 1 unspecified atom stereocenters. The van der Waals surface area contributed by atoms with Gasteiger partial charge in [-0.25, -0.2) is 0 Å². The Labute approximate surface area is 214 Å². The largest absolute Gasteiger partial charge is 0.378 e. The van der Waals surface area contributed by atoms with Gasteiger partial charge in [0, 0.05) is 23.5 Å². The van der Waals surface area contributed by atoms with E-state index in [2.05, 4.69) is 32.6 Å². The molecule has 33 heavy (non-hydrogen) atoms. The van der Waals surface area contributed by atoms with Gasteiger partial charge in [0.25, 0.3) is 0 Å². The summed E-state index contributed by atoms with van der Waals surface area (Å²) < 4.78 is 0. The van der Waals surface area contributed by atoms with Crippen LogP contribution >= 0.6 is 25.3 Å². The first kappa shape index (κ1) is 26.1. The summed E-state index contributed by atoms with van der Waals surface area (Å²) in [5.41, 5.74) is 1.56. The molecule has 1 N–H and O–H groups in total. The van der Waals surface area contributed by atoms with Gasteiger partial charge in [-0.3, -0.25) is 4.79 Å². The fourth-order valence-corrected chi connectivity index (χ4v) is 9.11. The number of aliphatic hydroxyl groups is 1. The van der Waals surface area contributed by atoms with E-state index in [4.69, 9.17) is 12.6 Å². The number of carbonyl (C=O) groups is 1. The van der Waals surface area contributed by atoms with Gasteiger partial charge in [-0.2, -0.15) is 12.6 Å². The lowest BCUT2D eigenvalue weighted by Crippen LogP contribution is -2.55. The van der Waals surface area contributed by atoms with Gasteiger partial charge in [-0.05, 0) is 61.7 Å². The number of allylic oxidation sites excluding steroid dienone is 1. The van der Waals surface area contributed by atoms with Gasteiger partial charge in [0.15, 0.2) is 0 Å². The van der Waals surface area contributed by atoms with Crippen LogP contribution < -0.4 is 0 Å². The standard InChI is InChI=1S/C29H48O2S2/c1-3-4-5-6-7-8-9-10-11-17-28-20-26(32)29(31,33)19-21(28)12-13-22-23-14-15-25(30)27(23,2)18-16-24(22)28/h12,22-24,26,31-33H,3-11,13-20H2,1-2H3/t22-,23-,24-,26?,27-,28-,29-/m0/s1. The Kier molecular flexibility index (Phi) is 8.39. The number of fused-ring (bicyclic) bond motifs is 5. The number of rotatable bonds is 10. The third-order valence-electron chi connectivity index (χ3n) is 10.4. The van der Waals surface area contributed by atoms with Gasteiger partial charge in [0.1, 0.15) is 10.7 Å². The summed E-state index contributed by atoms with van der Waals surface area (Å²) in [6.45, 7) is 4.55. The first-order valence-corrected chi connectivity index (χ1v) is 15.1. The maximum atomic E-state index is 12.8. The second-order valence-electron chi connectivity index (χ2n) is 12.3. The van der Waals surface area contributed by atoms with Crippen molar-refractivity contribution in [1.82, 2.24) is 0 Å². The molecule has 0 spiro atoms. The van der Waals surface area contributed by atoms with E-state index >= 15 is 0 Å². The maximum Gasteiger partial charge on any atom is 0.139 e. The number of hydrogen-bond donors (Lipinski definition) is 3. The third kappa shape index (κ3) is 5.01. The number of carbonyl (C=O) groups excluding carboxylic acids is 1. The summed E-state index contributed by atoms with van der Waals surface area (Å²) in [6, 6.07) is 0. The second kappa shape index (κ2) is 10.6. The number of thiol groups is 2. The zero-order chi connectivity index (χ0) is 23.7. The third-order valence-corrected chi connectivity index (χ3v) is 11.7. The van der Waals surface area contributed by atoms with Crippen molar-refractivity contribution in [3.8, 4) is 0 Å². The number of Topliss-reactive ketones (excluding diaryl/α,β-unsaturated/α-hetero) is 1. The summed E-state index contributed by atoms with van der Waals surface area (Å²) in [5.74, 6) is 2.35. The van der Waals surface area contributed by atoms with Crippen molar-refractivity contribution >= 4 is 31.0 Å². The lowest BCUT2D eigenvalue weighted by molar-refractivity contribution is -0.132. The first-order chi connectivity index (χ1) is 15.7. The Morgan fingerprint density at radius 2 is 1.70 bits per heavy atom. The summed E-state index contributed by atoms with van der Waals surface area (Å²) >= 11 is 9.52. The molecule has 0 saturated heterocycles. The van der Waals surface area contributed by atoms with Gasteiger partial charge in [0.05, 0.1) is 0 Å². The van der Waals surface area contributed by atoms with Crippen LogP contribution in [0.15, 0.2) is 11.6 Å². The highest BCUT2D eigenvalue weighted by Crippen LogP contribution is 2.66. The van der Waals surface area contributed by atoms with E-state index < -0.39 is 4.93 Å². The van der Waals surface area contributed by atoms with Crippen LogP contribution in [0.25, 0.3) is 0 Å². The van der Waals surface area contributed by atoms with E-state index in [-0.39, 0.29) is 16.1 Å². The van der Waals surface area contributed by atoms with Crippen LogP contribution in [0.2, 0.25) is 0 Å². The molecule has 7 atom stereocenters. The Balaban J connectivity index is 1.45. The van der Waals surface area contributed by atoms with Gasteiger partial charge in [-0.1, -0.05) is 83.3 Å². The fraction of sp³-hybridized carbons (Fsp3) is 0.897. The Bertz CT molecular complexity index is 731. The van der Waals surface area contributed by atoms with Crippen LogP contribution in [0.4, 0.5) is 0 Å². The topological polar surface area (TPSA) is 37.3 Å². The molecule has 188 valence electrons. The molecule has 4 aliphatic carbocycles. The van der Waals surface area contributed by atoms with Crippen molar-refractivity contribution in [1.29, 1.82) is 0 Å². The van der Waals surface area contributed by atoms with Gasteiger partial charge >= 0.3 is 0 Å². The van der Waals surface area contributed by atoms with E-state index in [1.807, 2.05) is 0 Å². The number of hydrogen-bond acceptors (Lipinski definition) is 4. The summed E-state index contributed by atoms with van der Waals surface area (Å²) in [6.07, 6.45) is 22.7. The minimum atomic E-state index is -1.00. The fourth-order valence-electron chi connectivity index (χ4n) is 8.43. The van der Waals surface area contributed by atoms with Gasteiger partial charge in [0.2, 0.25) is 0 Å². The molecule has 0 radical (unpaired) electrons. The van der Waals surface area contributed by atoms with Crippen LogP contribution in [0.3, 0.4) is 0 Å². The van der Waals surface area contributed by atoms with E-state index in [0.29, 0.717) is 30.0 Å². The number of unbranched alkanes of at least 4 members (excludes halogenated alkanes) is 8. The highest BCUT2D eigenvalue weighted by atomic mass is 32.1. The molecule has 3 saturated carbocycles. The summed E-state index contributed by atoms with van der Waals surface area (Å²) in [5, 5.41) is 10.9. The zero-order valence-corrected chi connectivity index (χ0v) is 22.9. The van der Waals surface area contributed by atoms with Crippen molar-refractivity contribution < 1.29 is 9.90 Å². The van der Waals surface area contributed by atoms with Crippen molar-refractivity contribution in [2.75, 3.05) is 0 Å². The van der Waals surface area contributed by atoms with Gasteiger partial charge in [-0.15, -0.1) is 12.6 Å². The minimum Gasteiger partial charge on any atom is -0.378 e. The second-order valence-corrected chi connectivity index (χ2v) is 13.7. The molecule has 0 aliphatic heterocycles. The molecule has 0 aromatic carbocycles. The monoisotopic (exact) mass is 492 g/mol. The Morgan fingerprint density at radius 1 is 1.03 bits per heavy atom. The van der Waals surface area contributed by atoms with E-state index in [9.17, 15) is 9.90 Å². The molecule has 3 fully saturated rings. The van der Waals surface area contributed by atoms with Gasteiger partial charge < -0.3 is 5.11 Å². The average molecular weight is 493 g/mol. The summed E-state index contributed by atoms with van der Waals surface area (Å²) in [7, 11) is 0. The van der Waals surface area contributed by atoms with E-state index in [0.717, 1.165) is 32.1 Å². The molecule has 4 rings (SSSR count). The predicted octanol–water partition coefficient (Wildman–Crippen LogP) is 7.95. The van der Waals surface area contributed by atoms with Crippen molar-refractivity contribution in [2.45, 2.75) is 133 Å². The average Bonchev–Trinajstić information content (AvgIpc) is 3.08.